The van der Waals surface area contributed by atoms with Crippen LogP contribution in [0.4, 0.5) is 0 Å². The third-order valence-electron chi connectivity index (χ3n) is 7.60. The van der Waals surface area contributed by atoms with Crippen molar-refractivity contribution < 1.29 is 5.11 Å². The predicted octanol–water partition coefficient (Wildman–Crippen LogP) is 4.84. The largest absolute Gasteiger partial charge is 0.389 e. The van der Waals surface area contributed by atoms with E-state index in [1.807, 2.05) is 0 Å². The van der Waals surface area contributed by atoms with Gasteiger partial charge in [-0.05, 0) is 58.9 Å². The fourth-order valence-corrected chi connectivity index (χ4v) is 5.76. The lowest BCUT2D eigenvalue weighted by Crippen LogP contribution is -2.55. The van der Waals surface area contributed by atoms with Crippen molar-refractivity contribution in [3.63, 3.8) is 0 Å². The molecular weight excluding hydrogens is 330 g/mol. The number of piperidine rings is 1. The second-order valence-electron chi connectivity index (χ2n) is 10.0. The molecule has 2 heterocycles. The van der Waals surface area contributed by atoms with Crippen molar-refractivity contribution in [2.45, 2.75) is 64.0 Å². The predicted molar refractivity (Wildman–Crippen MR) is 110 cm³/mol. The Hall–Kier alpha value is -1.64. The Morgan fingerprint density at radius 3 is 2.52 bits per heavy atom. The van der Waals surface area contributed by atoms with Gasteiger partial charge in [0.25, 0.3) is 0 Å². The molecule has 3 aliphatic rings. The first-order valence-corrected chi connectivity index (χ1v) is 10.5. The van der Waals surface area contributed by atoms with E-state index in [0.717, 1.165) is 38.8 Å². The summed E-state index contributed by atoms with van der Waals surface area (Å²) in [5.74, 6) is 0.580. The van der Waals surface area contributed by atoms with E-state index in [-0.39, 0.29) is 5.41 Å². The monoisotopic (exact) mass is 361 g/mol. The number of hydrogen-bond acceptors (Lipinski definition) is 2. The van der Waals surface area contributed by atoms with Gasteiger partial charge in [-0.1, -0.05) is 63.2 Å². The van der Waals surface area contributed by atoms with Crippen LogP contribution in [0.1, 0.15) is 73.4 Å². The molecule has 3 atom stereocenters. The maximum Gasteiger partial charge on any atom is 0.0726 e. The van der Waals surface area contributed by atoms with Gasteiger partial charge in [0.2, 0.25) is 0 Å². The molecule has 0 unspecified atom stereocenters. The quantitative estimate of drug-likeness (QED) is 0.725. The minimum Gasteiger partial charge on any atom is -0.389 e. The molecule has 2 aromatic rings. The van der Waals surface area contributed by atoms with Crippen LogP contribution in [-0.2, 0) is 12.8 Å². The van der Waals surface area contributed by atoms with Crippen LogP contribution in [0, 0.1) is 5.41 Å². The van der Waals surface area contributed by atoms with Gasteiger partial charge in [-0.2, -0.15) is 0 Å². The lowest BCUT2D eigenvalue weighted by Gasteiger charge is -2.53. The summed E-state index contributed by atoms with van der Waals surface area (Å²) in [7, 11) is 0. The molecule has 2 nitrogen and oxygen atoms in total. The van der Waals surface area contributed by atoms with E-state index in [0.29, 0.717) is 12.0 Å². The average Bonchev–Trinajstić information content (AvgIpc) is 2.79. The summed E-state index contributed by atoms with van der Waals surface area (Å²) < 4.78 is 0. The molecular formula is C25H31NO. The molecule has 2 heteroatoms. The lowest BCUT2D eigenvalue weighted by atomic mass is 9.66. The van der Waals surface area contributed by atoms with Crippen LogP contribution >= 0.6 is 0 Å². The number of fused-ring (bicyclic) bond motifs is 3. The zero-order chi connectivity index (χ0) is 18.8. The highest BCUT2D eigenvalue weighted by Crippen LogP contribution is 2.51. The number of nitrogens with zero attached hydrogens (tertiary/aromatic N) is 1. The van der Waals surface area contributed by atoms with Crippen LogP contribution in [0.25, 0.3) is 0 Å². The minimum atomic E-state index is -0.586. The van der Waals surface area contributed by atoms with Crippen LogP contribution in [0.2, 0.25) is 0 Å². The van der Waals surface area contributed by atoms with Crippen molar-refractivity contribution in [1.29, 1.82) is 0 Å². The fourth-order valence-electron chi connectivity index (χ4n) is 5.76. The molecule has 142 valence electrons. The molecule has 2 aliphatic heterocycles. The van der Waals surface area contributed by atoms with E-state index >= 15 is 0 Å². The topological polar surface area (TPSA) is 23.5 Å². The lowest BCUT2D eigenvalue weighted by molar-refractivity contribution is -0.120. The van der Waals surface area contributed by atoms with E-state index in [1.54, 1.807) is 5.56 Å². The highest BCUT2D eigenvalue weighted by atomic mass is 16.3. The summed E-state index contributed by atoms with van der Waals surface area (Å²) in [5.41, 5.74) is 6.92. The first kappa shape index (κ1) is 17.5. The van der Waals surface area contributed by atoms with Gasteiger partial charge in [-0.25, -0.2) is 0 Å². The molecule has 2 aromatic carbocycles. The van der Waals surface area contributed by atoms with Gasteiger partial charge in [0, 0.05) is 25.0 Å². The van der Waals surface area contributed by atoms with Crippen LogP contribution < -0.4 is 0 Å². The molecule has 0 saturated carbocycles. The van der Waals surface area contributed by atoms with Crippen molar-refractivity contribution >= 4 is 0 Å². The molecule has 1 aliphatic carbocycles. The Kier molecular flexibility index (Phi) is 3.83. The molecule has 1 fully saturated rings. The van der Waals surface area contributed by atoms with Crippen LogP contribution in [0.5, 0.6) is 0 Å². The fraction of sp³-hybridized carbons (Fsp3) is 0.520. The van der Waals surface area contributed by atoms with Gasteiger partial charge < -0.3 is 5.11 Å². The molecule has 0 spiro atoms. The Labute approximate surface area is 163 Å². The second-order valence-corrected chi connectivity index (χ2v) is 10.0. The molecule has 0 radical (unpaired) electrons. The van der Waals surface area contributed by atoms with E-state index in [2.05, 4.69) is 68.1 Å². The van der Waals surface area contributed by atoms with Crippen molar-refractivity contribution in [1.82, 2.24) is 4.90 Å². The smallest absolute Gasteiger partial charge is 0.0726 e. The summed E-state index contributed by atoms with van der Waals surface area (Å²) in [6, 6.07) is 16.3. The van der Waals surface area contributed by atoms with Gasteiger partial charge in [0.1, 0.15) is 0 Å². The maximum absolute atomic E-state index is 11.4. The molecule has 1 N–H and O–H groups in total. The zero-order valence-electron chi connectivity index (χ0n) is 16.8. The van der Waals surface area contributed by atoms with Gasteiger partial charge in [0.15, 0.2) is 0 Å². The summed E-state index contributed by atoms with van der Waals surface area (Å²) in [4.78, 5) is 2.66. The van der Waals surface area contributed by atoms with Crippen molar-refractivity contribution in [2.24, 2.45) is 5.41 Å². The maximum atomic E-state index is 11.4. The first-order valence-electron chi connectivity index (χ1n) is 10.5. The second kappa shape index (κ2) is 5.93. The Morgan fingerprint density at radius 1 is 1.00 bits per heavy atom. The van der Waals surface area contributed by atoms with Crippen molar-refractivity contribution in [3.8, 4) is 0 Å². The zero-order valence-corrected chi connectivity index (χ0v) is 16.8. The van der Waals surface area contributed by atoms with Gasteiger partial charge in [0.05, 0.1) is 5.60 Å². The molecule has 27 heavy (non-hydrogen) atoms. The molecule has 0 amide bonds. The van der Waals surface area contributed by atoms with Crippen LogP contribution in [0.15, 0.2) is 42.5 Å². The highest BCUT2D eigenvalue weighted by molar-refractivity contribution is 5.49. The Balaban J connectivity index is 1.60. The first-order chi connectivity index (χ1) is 12.9. The van der Waals surface area contributed by atoms with Crippen molar-refractivity contribution in [3.05, 3.63) is 70.3 Å². The average molecular weight is 362 g/mol. The van der Waals surface area contributed by atoms with E-state index in [4.69, 9.17) is 0 Å². The van der Waals surface area contributed by atoms with E-state index < -0.39 is 5.60 Å². The molecule has 0 aromatic heterocycles. The molecule has 5 rings (SSSR count). The normalized spacial score (nSPS) is 30.1. The number of hydrogen-bond donors (Lipinski definition) is 1. The van der Waals surface area contributed by atoms with Gasteiger partial charge >= 0.3 is 0 Å². The van der Waals surface area contributed by atoms with E-state index in [9.17, 15) is 5.11 Å². The summed E-state index contributed by atoms with van der Waals surface area (Å²) >= 11 is 0. The standard InChI is InChI=1S/C25H31NO/c1-24(2,3)25(27)11-12-26-16-20-14-18-8-5-4-7-17(18)13-19-9-6-10-21(23(19)20)22(26)15-25/h4-10,20,22,27H,11-16H2,1-3H3/t20-,22+,25+/m0/s1. The SMILES string of the molecule is CC(C)(C)[C@@]1(O)CCN2C[C@@H]3Cc4ccccc4Cc4cccc(c43)[C@H]2C1. The number of rotatable bonds is 0. The third-order valence-corrected chi connectivity index (χ3v) is 7.60. The number of aliphatic hydroxyl groups is 1. The molecule has 0 bridgehead atoms. The highest BCUT2D eigenvalue weighted by Gasteiger charge is 2.49. The van der Waals surface area contributed by atoms with Crippen molar-refractivity contribution in [2.75, 3.05) is 13.1 Å². The molecule has 1 saturated heterocycles. The van der Waals surface area contributed by atoms with Gasteiger partial charge in [-0.3, -0.25) is 4.90 Å². The number of benzene rings is 2. The summed E-state index contributed by atoms with van der Waals surface area (Å²) in [5, 5.41) is 11.4. The van der Waals surface area contributed by atoms with Gasteiger partial charge in [-0.15, -0.1) is 0 Å². The summed E-state index contributed by atoms with van der Waals surface area (Å²) in [6.45, 7) is 8.70. The van der Waals surface area contributed by atoms with Crippen LogP contribution in [0.3, 0.4) is 0 Å². The van der Waals surface area contributed by atoms with E-state index in [1.165, 1.54) is 22.3 Å². The Morgan fingerprint density at radius 2 is 1.74 bits per heavy atom. The Bertz CT molecular complexity index is 880. The summed E-state index contributed by atoms with van der Waals surface area (Å²) in [6.07, 6.45) is 3.93. The van der Waals surface area contributed by atoms with Crippen LogP contribution in [-0.4, -0.2) is 28.7 Å². The minimum absolute atomic E-state index is 0.0854. The third kappa shape index (κ3) is 2.68.